The van der Waals surface area contributed by atoms with Crippen molar-refractivity contribution in [3.05, 3.63) is 91.8 Å². The third-order valence-corrected chi connectivity index (χ3v) is 5.64. The van der Waals surface area contributed by atoms with Crippen molar-refractivity contribution in [2.75, 3.05) is 5.32 Å². The van der Waals surface area contributed by atoms with E-state index >= 15 is 0 Å². The lowest BCUT2D eigenvalue weighted by molar-refractivity contribution is -0.192. The van der Waals surface area contributed by atoms with Crippen molar-refractivity contribution in [2.45, 2.75) is 6.18 Å². The number of carbonyl (C=O) groups is 1. The Morgan fingerprint density at radius 3 is 2.39 bits per heavy atom. The molecule has 6 rings (SSSR count). The zero-order valence-corrected chi connectivity index (χ0v) is 21.2. The zero-order chi connectivity index (χ0) is 29.0. The second kappa shape index (κ2) is 11.2. The van der Waals surface area contributed by atoms with Crippen LogP contribution in [0.3, 0.4) is 0 Å². The van der Waals surface area contributed by atoms with E-state index in [1.807, 2.05) is 80.2 Å². The fourth-order valence-corrected chi connectivity index (χ4v) is 3.66. The number of alkyl halides is 3. The van der Waals surface area contributed by atoms with Crippen LogP contribution >= 0.6 is 0 Å². The van der Waals surface area contributed by atoms with E-state index in [2.05, 4.69) is 36.5 Å². The summed E-state index contributed by atoms with van der Waals surface area (Å²) in [6, 6.07) is 19.6. The van der Waals surface area contributed by atoms with E-state index in [9.17, 15) is 13.2 Å². The van der Waals surface area contributed by atoms with E-state index < -0.39 is 12.1 Å². The minimum Gasteiger partial charge on any atom is -0.475 e. The predicted molar refractivity (Wildman–Crippen MR) is 143 cm³/mol. The molecule has 0 atom stereocenters. The average molecular weight is 560 g/mol. The summed E-state index contributed by atoms with van der Waals surface area (Å²) in [6.07, 6.45) is 3.97. The number of halogens is 3. The van der Waals surface area contributed by atoms with Gasteiger partial charge in [0.05, 0.1) is 17.4 Å². The lowest BCUT2D eigenvalue weighted by Crippen LogP contribution is -2.21. The number of rotatable bonds is 5. The maximum absolute atomic E-state index is 10.6. The number of carboxylic acid groups (broad SMARTS) is 1. The Labute approximate surface area is 230 Å². The maximum Gasteiger partial charge on any atom is 0.490 e. The molecular weight excluding hydrogens is 539 g/mol. The highest BCUT2D eigenvalue weighted by atomic mass is 19.4. The number of aromatic nitrogens is 8. The Balaban J connectivity index is 0.000000431. The maximum atomic E-state index is 10.6. The molecule has 4 heterocycles. The van der Waals surface area contributed by atoms with Gasteiger partial charge in [0.2, 0.25) is 5.95 Å². The summed E-state index contributed by atoms with van der Waals surface area (Å²) in [4.78, 5) is 26.7. The molecule has 41 heavy (non-hydrogen) atoms. The summed E-state index contributed by atoms with van der Waals surface area (Å²) >= 11 is 0. The van der Waals surface area contributed by atoms with Crippen molar-refractivity contribution < 1.29 is 23.1 Å². The summed E-state index contributed by atoms with van der Waals surface area (Å²) in [5, 5.41) is 20.2. The third kappa shape index (κ3) is 6.50. The van der Waals surface area contributed by atoms with Crippen molar-refractivity contribution in [3.8, 4) is 28.3 Å². The van der Waals surface area contributed by atoms with Gasteiger partial charge < -0.3 is 10.4 Å². The number of carboxylic acids is 1. The lowest BCUT2D eigenvalue weighted by atomic mass is 10.1. The number of aliphatic carboxylic acids is 1. The summed E-state index contributed by atoms with van der Waals surface area (Å²) in [6.45, 7) is 0. The Bertz CT molecular complexity index is 1800. The molecule has 0 amide bonds. The average Bonchev–Trinajstić information content (AvgIpc) is 3.63. The van der Waals surface area contributed by atoms with Crippen molar-refractivity contribution >= 4 is 28.5 Å². The minimum absolute atomic E-state index is 0.529. The van der Waals surface area contributed by atoms with Gasteiger partial charge in [0.25, 0.3) is 0 Å². The highest BCUT2D eigenvalue weighted by Crippen LogP contribution is 2.24. The first-order valence-electron chi connectivity index (χ1n) is 11.9. The van der Waals surface area contributed by atoms with E-state index in [1.54, 1.807) is 21.9 Å². The van der Waals surface area contributed by atoms with Gasteiger partial charge in [-0.05, 0) is 48.0 Å². The molecule has 0 fully saturated rings. The van der Waals surface area contributed by atoms with E-state index in [4.69, 9.17) is 14.9 Å². The SMILES string of the molecule is Cn1cc(-c2ccc3cnc(Nc4ccc(-n5cnc(-c6ccccn6)n5)cc4)nc3c2)cn1.O=C(O)C(F)(F)F. The van der Waals surface area contributed by atoms with Crippen molar-refractivity contribution in [1.29, 1.82) is 0 Å². The van der Waals surface area contributed by atoms with Gasteiger partial charge in [-0.3, -0.25) is 9.67 Å². The molecule has 4 aromatic heterocycles. The number of benzene rings is 2. The number of fused-ring (bicyclic) bond motifs is 1. The quantitative estimate of drug-likeness (QED) is 0.297. The number of aryl methyl sites for hydroxylation is 1. The zero-order valence-electron chi connectivity index (χ0n) is 21.2. The Morgan fingerprint density at radius 2 is 1.73 bits per heavy atom. The van der Waals surface area contributed by atoms with Crippen LogP contribution in [0.1, 0.15) is 0 Å². The first-order chi connectivity index (χ1) is 19.7. The van der Waals surface area contributed by atoms with Gasteiger partial charge >= 0.3 is 12.1 Å². The molecule has 0 spiro atoms. The highest BCUT2D eigenvalue weighted by molar-refractivity contribution is 5.84. The molecule has 0 aliphatic rings. The molecule has 14 heteroatoms. The molecule has 0 aliphatic carbocycles. The molecule has 0 bridgehead atoms. The largest absolute Gasteiger partial charge is 0.490 e. The molecule has 206 valence electrons. The van der Waals surface area contributed by atoms with Crippen molar-refractivity contribution in [1.82, 2.24) is 39.5 Å². The number of hydrogen-bond donors (Lipinski definition) is 2. The third-order valence-electron chi connectivity index (χ3n) is 5.64. The van der Waals surface area contributed by atoms with Crippen LogP contribution in [0, 0.1) is 0 Å². The van der Waals surface area contributed by atoms with E-state index in [0.717, 1.165) is 39.1 Å². The van der Waals surface area contributed by atoms with E-state index in [1.165, 1.54) is 0 Å². The standard InChI is InChI=1S/C25H19N9.C2HF3O2/c1-33-15-19(14-29-33)17-5-6-18-13-27-25(31-23(18)12-17)30-20-7-9-21(10-8-20)34-16-28-24(32-34)22-4-2-3-11-26-22;3-2(4,5)1(6)7/h2-16H,1H3,(H,27,30,31);(H,6,7). The first-order valence-corrected chi connectivity index (χ1v) is 11.9. The summed E-state index contributed by atoms with van der Waals surface area (Å²) < 4.78 is 35.2. The minimum atomic E-state index is -5.08. The molecule has 0 radical (unpaired) electrons. The van der Waals surface area contributed by atoms with Gasteiger partial charge in [-0.25, -0.2) is 24.4 Å². The van der Waals surface area contributed by atoms with Gasteiger partial charge in [-0.1, -0.05) is 18.2 Å². The molecule has 2 N–H and O–H groups in total. The van der Waals surface area contributed by atoms with Crippen LogP contribution < -0.4 is 5.32 Å². The topological polar surface area (TPSA) is 137 Å². The molecule has 0 unspecified atom stereocenters. The number of pyridine rings is 1. The Morgan fingerprint density at radius 1 is 0.951 bits per heavy atom. The number of anilines is 2. The fourth-order valence-electron chi connectivity index (χ4n) is 3.66. The summed E-state index contributed by atoms with van der Waals surface area (Å²) in [5.74, 6) is -1.65. The summed E-state index contributed by atoms with van der Waals surface area (Å²) in [7, 11) is 1.91. The van der Waals surface area contributed by atoms with E-state index in [-0.39, 0.29) is 0 Å². The fraction of sp³-hybridized carbons (Fsp3) is 0.0741. The van der Waals surface area contributed by atoms with Crippen LogP contribution in [-0.4, -0.2) is 56.7 Å². The van der Waals surface area contributed by atoms with Gasteiger partial charge in [0, 0.05) is 42.3 Å². The van der Waals surface area contributed by atoms with Crippen LogP contribution in [0.15, 0.2) is 91.8 Å². The van der Waals surface area contributed by atoms with Crippen LogP contribution in [0.25, 0.3) is 39.2 Å². The second-order valence-corrected chi connectivity index (χ2v) is 8.57. The Kier molecular flexibility index (Phi) is 7.37. The number of nitrogens with zero attached hydrogens (tertiary/aromatic N) is 8. The molecular formula is C27H20F3N9O2. The van der Waals surface area contributed by atoms with Crippen molar-refractivity contribution in [3.63, 3.8) is 0 Å². The molecule has 6 aromatic rings. The number of nitrogens with one attached hydrogen (secondary N) is 1. The van der Waals surface area contributed by atoms with Gasteiger partial charge in [-0.15, -0.1) is 5.10 Å². The molecule has 0 saturated carbocycles. The predicted octanol–water partition coefficient (Wildman–Crippen LogP) is 5.05. The van der Waals surface area contributed by atoms with Crippen molar-refractivity contribution in [2.24, 2.45) is 7.05 Å². The van der Waals surface area contributed by atoms with Crippen LogP contribution in [0.2, 0.25) is 0 Å². The normalized spacial score (nSPS) is 11.1. The number of hydrogen-bond acceptors (Lipinski definition) is 8. The van der Waals surface area contributed by atoms with E-state index in [0.29, 0.717) is 11.8 Å². The summed E-state index contributed by atoms with van der Waals surface area (Å²) in [5.41, 5.74) is 5.47. The van der Waals surface area contributed by atoms with Crippen LogP contribution in [-0.2, 0) is 11.8 Å². The van der Waals surface area contributed by atoms with Gasteiger partial charge in [-0.2, -0.15) is 18.3 Å². The van der Waals surface area contributed by atoms with Gasteiger partial charge in [0.1, 0.15) is 12.0 Å². The first kappa shape index (κ1) is 26.9. The molecule has 0 saturated heterocycles. The van der Waals surface area contributed by atoms with Gasteiger partial charge in [0.15, 0.2) is 5.82 Å². The Hall–Kier alpha value is -5.66. The molecule has 0 aliphatic heterocycles. The lowest BCUT2D eigenvalue weighted by Gasteiger charge is -2.08. The monoisotopic (exact) mass is 559 g/mol. The second-order valence-electron chi connectivity index (χ2n) is 8.57. The smallest absolute Gasteiger partial charge is 0.475 e. The van der Waals surface area contributed by atoms with Crippen LogP contribution in [0.5, 0.6) is 0 Å². The van der Waals surface area contributed by atoms with Crippen LogP contribution in [0.4, 0.5) is 24.8 Å². The molecule has 2 aromatic carbocycles. The highest BCUT2D eigenvalue weighted by Gasteiger charge is 2.38. The molecule has 11 nitrogen and oxygen atoms in total.